The normalized spacial score (nSPS) is 28.0. The van der Waals surface area contributed by atoms with Gasteiger partial charge in [-0.1, -0.05) is 20.3 Å². The van der Waals surface area contributed by atoms with Crippen LogP contribution in [0, 0.1) is 11.8 Å². The first kappa shape index (κ1) is 17.2. The maximum atomic E-state index is 4.54. The predicted molar refractivity (Wildman–Crippen MR) is 102 cm³/mol. The summed E-state index contributed by atoms with van der Waals surface area (Å²) in [7, 11) is 0. The fourth-order valence-corrected chi connectivity index (χ4v) is 4.78. The van der Waals surface area contributed by atoms with Crippen LogP contribution < -0.4 is 4.90 Å². The SMILES string of the molecule is CC(C)c1cc(N2CC3CN(CCN4CCCCC4)CC3C2)ncn1. The van der Waals surface area contributed by atoms with Gasteiger partial charge in [-0.05, 0) is 43.7 Å². The van der Waals surface area contributed by atoms with E-state index in [0.717, 1.165) is 23.3 Å². The van der Waals surface area contributed by atoms with Crippen molar-refractivity contribution in [1.82, 2.24) is 19.8 Å². The Morgan fingerprint density at radius 1 is 0.920 bits per heavy atom. The molecule has 2 atom stereocenters. The number of rotatable bonds is 5. The van der Waals surface area contributed by atoms with Gasteiger partial charge in [0.25, 0.3) is 0 Å². The molecule has 4 rings (SSSR count). The second-order valence-corrected chi connectivity index (χ2v) is 8.54. The topological polar surface area (TPSA) is 35.5 Å². The molecule has 0 amide bonds. The molecule has 0 bridgehead atoms. The molecule has 0 N–H and O–H groups in total. The van der Waals surface area contributed by atoms with Gasteiger partial charge in [0.15, 0.2) is 0 Å². The molecule has 0 aliphatic carbocycles. The lowest BCUT2D eigenvalue weighted by Gasteiger charge is -2.29. The van der Waals surface area contributed by atoms with Gasteiger partial charge in [0.1, 0.15) is 12.1 Å². The van der Waals surface area contributed by atoms with Crippen LogP contribution in [0.5, 0.6) is 0 Å². The first-order chi connectivity index (χ1) is 12.2. The summed E-state index contributed by atoms with van der Waals surface area (Å²) in [5.74, 6) is 3.24. The van der Waals surface area contributed by atoms with Crippen molar-refractivity contribution < 1.29 is 0 Å². The molecular formula is C20H33N5. The van der Waals surface area contributed by atoms with Crippen LogP contribution in [0.15, 0.2) is 12.4 Å². The molecule has 2 unspecified atom stereocenters. The summed E-state index contributed by atoms with van der Waals surface area (Å²) in [5.41, 5.74) is 1.16. The molecule has 3 aliphatic rings. The number of piperidine rings is 1. The highest BCUT2D eigenvalue weighted by molar-refractivity contribution is 5.41. The smallest absolute Gasteiger partial charge is 0.132 e. The fourth-order valence-electron chi connectivity index (χ4n) is 4.78. The number of aromatic nitrogens is 2. The maximum absolute atomic E-state index is 4.54. The number of hydrogen-bond donors (Lipinski definition) is 0. The van der Waals surface area contributed by atoms with E-state index in [1.807, 2.05) is 0 Å². The van der Waals surface area contributed by atoms with Gasteiger partial charge in [-0.15, -0.1) is 0 Å². The lowest BCUT2D eigenvalue weighted by molar-refractivity contribution is 0.192. The van der Waals surface area contributed by atoms with E-state index in [1.54, 1.807) is 6.33 Å². The van der Waals surface area contributed by atoms with Gasteiger partial charge in [-0.2, -0.15) is 0 Å². The Bertz CT molecular complexity index is 555. The zero-order valence-corrected chi connectivity index (χ0v) is 15.9. The summed E-state index contributed by atoms with van der Waals surface area (Å²) in [6, 6.07) is 2.19. The van der Waals surface area contributed by atoms with Gasteiger partial charge < -0.3 is 14.7 Å². The van der Waals surface area contributed by atoms with Gasteiger partial charge in [0.05, 0.1) is 0 Å². The van der Waals surface area contributed by atoms with Crippen LogP contribution in [0.2, 0.25) is 0 Å². The second-order valence-electron chi connectivity index (χ2n) is 8.54. The van der Waals surface area contributed by atoms with Crippen LogP contribution in [0.4, 0.5) is 5.82 Å². The van der Waals surface area contributed by atoms with E-state index in [4.69, 9.17) is 0 Å². The van der Waals surface area contributed by atoms with Crippen molar-refractivity contribution in [1.29, 1.82) is 0 Å². The minimum absolute atomic E-state index is 0.467. The van der Waals surface area contributed by atoms with Crippen molar-refractivity contribution in [2.24, 2.45) is 11.8 Å². The Balaban J connectivity index is 1.28. The molecule has 4 heterocycles. The molecule has 5 heteroatoms. The van der Waals surface area contributed by atoms with Crippen LogP contribution >= 0.6 is 0 Å². The molecular weight excluding hydrogens is 310 g/mol. The van der Waals surface area contributed by atoms with Gasteiger partial charge in [0.2, 0.25) is 0 Å². The Labute approximate surface area is 152 Å². The van der Waals surface area contributed by atoms with Crippen molar-refractivity contribution in [2.75, 3.05) is 57.3 Å². The van der Waals surface area contributed by atoms with E-state index < -0.39 is 0 Å². The van der Waals surface area contributed by atoms with Gasteiger partial charge >= 0.3 is 0 Å². The lowest BCUT2D eigenvalue weighted by atomic mass is 10.0. The van der Waals surface area contributed by atoms with Crippen LogP contribution in [-0.4, -0.2) is 72.1 Å². The van der Waals surface area contributed by atoms with Crippen LogP contribution in [0.3, 0.4) is 0 Å². The summed E-state index contributed by atoms with van der Waals surface area (Å²) >= 11 is 0. The average Bonchev–Trinajstić information content (AvgIpc) is 3.19. The van der Waals surface area contributed by atoms with E-state index in [-0.39, 0.29) is 0 Å². The average molecular weight is 344 g/mol. The lowest BCUT2D eigenvalue weighted by Crippen LogP contribution is -2.38. The third-order valence-corrected chi connectivity index (χ3v) is 6.33. The molecule has 1 aromatic rings. The van der Waals surface area contributed by atoms with E-state index >= 15 is 0 Å². The van der Waals surface area contributed by atoms with Crippen molar-refractivity contribution in [3.05, 3.63) is 18.1 Å². The number of anilines is 1. The Kier molecular flexibility index (Phi) is 5.23. The van der Waals surface area contributed by atoms with E-state index in [1.165, 1.54) is 71.6 Å². The van der Waals surface area contributed by atoms with Crippen LogP contribution in [-0.2, 0) is 0 Å². The van der Waals surface area contributed by atoms with Crippen molar-refractivity contribution in [3.63, 3.8) is 0 Å². The van der Waals surface area contributed by atoms with Crippen molar-refractivity contribution in [3.8, 4) is 0 Å². The molecule has 1 aromatic heterocycles. The first-order valence-corrected chi connectivity index (χ1v) is 10.2. The van der Waals surface area contributed by atoms with Gasteiger partial charge in [-0.3, -0.25) is 0 Å². The third-order valence-electron chi connectivity index (χ3n) is 6.33. The molecule has 138 valence electrons. The van der Waals surface area contributed by atoms with Crippen LogP contribution in [0.25, 0.3) is 0 Å². The number of fused-ring (bicyclic) bond motifs is 1. The quantitative estimate of drug-likeness (QED) is 0.821. The summed E-state index contributed by atoms with van der Waals surface area (Å²) in [6.07, 6.45) is 5.97. The van der Waals surface area contributed by atoms with Crippen LogP contribution in [0.1, 0.15) is 44.7 Å². The number of likely N-dealkylation sites (tertiary alicyclic amines) is 2. The van der Waals surface area contributed by atoms with Gasteiger partial charge in [-0.25, -0.2) is 9.97 Å². The molecule has 0 spiro atoms. The predicted octanol–water partition coefficient (Wildman–Crippen LogP) is 2.45. The summed E-state index contributed by atoms with van der Waals surface area (Å²) in [4.78, 5) is 16.8. The van der Waals surface area contributed by atoms with Gasteiger partial charge in [0, 0.05) is 51.0 Å². The summed E-state index contributed by atoms with van der Waals surface area (Å²) in [5, 5.41) is 0. The molecule has 5 nitrogen and oxygen atoms in total. The molecule has 0 aromatic carbocycles. The minimum atomic E-state index is 0.467. The molecule has 0 radical (unpaired) electrons. The highest BCUT2D eigenvalue weighted by atomic mass is 15.3. The first-order valence-electron chi connectivity index (χ1n) is 10.2. The molecule has 25 heavy (non-hydrogen) atoms. The maximum Gasteiger partial charge on any atom is 0.132 e. The van der Waals surface area contributed by atoms with E-state index in [2.05, 4.69) is 44.6 Å². The standard InChI is InChI=1S/C20H33N5/c1-16(2)19-10-20(22-15-21-19)25-13-17-11-24(12-18(17)14-25)9-8-23-6-4-3-5-7-23/h10,15-18H,3-9,11-14H2,1-2H3. The Morgan fingerprint density at radius 2 is 1.60 bits per heavy atom. The largest absolute Gasteiger partial charge is 0.356 e. The molecule has 3 fully saturated rings. The second kappa shape index (κ2) is 7.58. The number of hydrogen-bond acceptors (Lipinski definition) is 5. The minimum Gasteiger partial charge on any atom is -0.356 e. The van der Waals surface area contributed by atoms with E-state index in [0.29, 0.717) is 5.92 Å². The highest BCUT2D eigenvalue weighted by Gasteiger charge is 2.40. The Hall–Kier alpha value is -1.20. The fraction of sp³-hybridized carbons (Fsp3) is 0.800. The van der Waals surface area contributed by atoms with Crippen molar-refractivity contribution in [2.45, 2.75) is 39.0 Å². The highest BCUT2D eigenvalue weighted by Crippen LogP contribution is 2.33. The molecule has 0 saturated carbocycles. The number of nitrogens with zero attached hydrogens (tertiary/aromatic N) is 5. The zero-order valence-electron chi connectivity index (χ0n) is 15.9. The summed E-state index contributed by atoms with van der Waals surface area (Å²) in [6.45, 7) is 14.5. The Morgan fingerprint density at radius 3 is 2.28 bits per heavy atom. The zero-order chi connectivity index (χ0) is 17.2. The summed E-state index contributed by atoms with van der Waals surface area (Å²) < 4.78 is 0. The van der Waals surface area contributed by atoms with Crippen molar-refractivity contribution >= 4 is 5.82 Å². The monoisotopic (exact) mass is 343 g/mol. The van der Waals surface area contributed by atoms with E-state index in [9.17, 15) is 0 Å². The molecule has 3 aliphatic heterocycles. The third kappa shape index (κ3) is 3.98. The molecule has 3 saturated heterocycles.